The van der Waals surface area contributed by atoms with Gasteiger partial charge in [-0.3, -0.25) is 4.79 Å². The smallest absolute Gasteiger partial charge is 0.318 e. The molecule has 196 valence electrons. The molecular weight excluding hydrogens is 474 g/mol. The number of rotatable bonds is 7. The van der Waals surface area contributed by atoms with Crippen molar-refractivity contribution in [3.63, 3.8) is 0 Å². The standard InChI is InChI=1S/C26H33N7O4/c1-17(34)7-10-32-11-8-18(9-12-32)21-22-23(37-31-21)25(33-13-15-36-16-14-33)30-24(29-22)19-3-5-20(6-4-19)28-26(35)27-2/h3-6,18H,7-16H2,1-2H3,(H2,27,28,35). The van der Waals surface area contributed by atoms with Crippen LogP contribution in [0, 0.1) is 0 Å². The highest BCUT2D eigenvalue weighted by Crippen LogP contribution is 2.36. The maximum Gasteiger partial charge on any atom is 0.318 e. The lowest BCUT2D eigenvalue weighted by atomic mass is 9.92. The largest absolute Gasteiger partial charge is 0.378 e. The summed E-state index contributed by atoms with van der Waals surface area (Å²) < 4.78 is 11.4. The van der Waals surface area contributed by atoms with Crippen molar-refractivity contribution in [3.8, 4) is 11.4 Å². The number of aromatic nitrogens is 3. The molecule has 0 bridgehead atoms. The number of piperidine rings is 1. The van der Waals surface area contributed by atoms with E-state index in [4.69, 9.17) is 19.2 Å². The SMILES string of the molecule is CNC(=O)Nc1ccc(-c2nc(N3CCOCC3)c3onc(C4CCN(CCC(C)=O)CC4)c3n2)cc1. The molecule has 2 amide bonds. The number of fused-ring (bicyclic) bond motifs is 1. The normalized spacial score (nSPS) is 17.2. The first-order valence-electron chi connectivity index (χ1n) is 12.8. The minimum Gasteiger partial charge on any atom is -0.378 e. The molecule has 0 unspecified atom stereocenters. The van der Waals surface area contributed by atoms with Gasteiger partial charge in [-0.1, -0.05) is 5.16 Å². The summed E-state index contributed by atoms with van der Waals surface area (Å²) in [5.74, 6) is 1.77. The number of anilines is 2. The Morgan fingerprint density at radius 2 is 1.78 bits per heavy atom. The van der Waals surface area contributed by atoms with E-state index in [1.807, 2.05) is 24.3 Å². The monoisotopic (exact) mass is 507 g/mol. The number of Topliss-reactive ketones (excluding diaryl/α,β-unsaturated/α-hetero) is 1. The zero-order chi connectivity index (χ0) is 25.8. The molecular formula is C26H33N7O4. The zero-order valence-electron chi connectivity index (χ0n) is 21.3. The lowest BCUT2D eigenvalue weighted by Crippen LogP contribution is -2.37. The summed E-state index contributed by atoms with van der Waals surface area (Å²) in [6.07, 6.45) is 2.46. The molecule has 0 atom stereocenters. The van der Waals surface area contributed by atoms with Crippen molar-refractivity contribution in [1.29, 1.82) is 0 Å². The van der Waals surface area contributed by atoms with Gasteiger partial charge in [-0.05, 0) is 57.1 Å². The van der Waals surface area contributed by atoms with E-state index in [0.717, 1.165) is 55.1 Å². The van der Waals surface area contributed by atoms with E-state index in [1.54, 1.807) is 14.0 Å². The van der Waals surface area contributed by atoms with Gasteiger partial charge in [0.1, 0.15) is 17.0 Å². The maximum atomic E-state index is 11.6. The van der Waals surface area contributed by atoms with Crippen LogP contribution in [0.1, 0.15) is 37.8 Å². The Balaban J connectivity index is 1.45. The second kappa shape index (κ2) is 11.2. The van der Waals surface area contributed by atoms with E-state index in [9.17, 15) is 9.59 Å². The van der Waals surface area contributed by atoms with E-state index in [0.29, 0.717) is 49.8 Å². The maximum absolute atomic E-state index is 11.6. The average Bonchev–Trinajstić information content (AvgIpc) is 3.36. The van der Waals surface area contributed by atoms with Gasteiger partial charge in [0.05, 0.1) is 13.2 Å². The van der Waals surface area contributed by atoms with E-state index < -0.39 is 0 Å². The number of ether oxygens (including phenoxy) is 1. The van der Waals surface area contributed by atoms with Gasteiger partial charge in [0, 0.05) is 50.3 Å². The van der Waals surface area contributed by atoms with Gasteiger partial charge in [0.15, 0.2) is 11.6 Å². The third kappa shape index (κ3) is 5.72. The molecule has 5 rings (SSSR count). The predicted octanol–water partition coefficient (Wildman–Crippen LogP) is 3.03. The van der Waals surface area contributed by atoms with Crippen LogP contribution in [0.15, 0.2) is 28.8 Å². The van der Waals surface area contributed by atoms with Crippen LogP contribution in [0.3, 0.4) is 0 Å². The minimum atomic E-state index is -0.276. The highest BCUT2D eigenvalue weighted by molar-refractivity contribution is 5.90. The molecule has 2 aliphatic heterocycles. The van der Waals surface area contributed by atoms with Crippen LogP contribution in [0.5, 0.6) is 0 Å². The highest BCUT2D eigenvalue weighted by Gasteiger charge is 2.29. The van der Waals surface area contributed by atoms with Crippen LogP contribution in [-0.4, -0.2) is 84.8 Å². The zero-order valence-corrected chi connectivity index (χ0v) is 21.3. The summed E-state index contributed by atoms with van der Waals surface area (Å²) in [6, 6.07) is 7.18. The predicted molar refractivity (Wildman–Crippen MR) is 140 cm³/mol. The number of ketones is 1. The number of carbonyl (C=O) groups is 2. The third-order valence-corrected chi connectivity index (χ3v) is 7.02. The Morgan fingerprint density at radius 3 is 2.46 bits per heavy atom. The molecule has 37 heavy (non-hydrogen) atoms. The number of hydrogen-bond acceptors (Lipinski definition) is 9. The van der Waals surface area contributed by atoms with Gasteiger partial charge in [0.25, 0.3) is 0 Å². The molecule has 0 spiro atoms. The molecule has 2 aromatic heterocycles. The quantitative estimate of drug-likeness (QED) is 0.496. The van der Waals surface area contributed by atoms with Crippen LogP contribution in [0.2, 0.25) is 0 Å². The van der Waals surface area contributed by atoms with Crippen LogP contribution in [-0.2, 0) is 9.53 Å². The number of urea groups is 1. The Bertz CT molecular complexity index is 1250. The summed E-state index contributed by atoms with van der Waals surface area (Å²) in [5.41, 5.74) is 3.75. The van der Waals surface area contributed by atoms with Crippen molar-refractivity contribution in [3.05, 3.63) is 30.0 Å². The van der Waals surface area contributed by atoms with Gasteiger partial charge in [0.2, 0.25) is 5.58 Å². The van der Waals surface area contributed by atoms with Crippen molar-refractivity contribution in [2.24, 2.45) is 0 Å². The van der Waals surface area contributed by atoms with Crippen molar-refractivity contribution >= 4 is 34.4 Å². The van der Waals surface area contributed by atoms with Gasteiger partial charge >= 0.3 is 6.03 Å². The van der Waals surface area contributed by atoms with Crippen LogP contribution in [0.25, 0.3) is 22.5 Å². The van der Waals surface area contributed by atoms with Crippen molar-refractivity contribution < 1.29 is 18.8 Å². The number of likely N-dealkylation sites (tertiary alicyclic amines) is 1. The Kier molecular flexibility index (Phi) is 7.61. The summed E-state index contributed by atoms with van der Waals surface area (Å²) in [5, 5.41) is 9.82. The van der Waals surface area contributed by atoms with Crippen molar-refractivity contribution in [2.45, 2.75) is 32.1 Å². The molecule has 2 N–H and O–H groups in total. The van der Waals surface area contributed by atoms with E-state index in [1.165, 1.54) is 0 Å². The Morgan fingerprint density at radius 1 is 1.05 bits per heavy atom. The topological polar surface area (TPSA) is 126 Å². The minimum absolute atomic E-state index is 0.224. The molecule has 11 nitrogen and oxygen atoms in total. The Hall–Kier alpha value is -3.57. The molecule has 2 saturated heterocycles. The van der Waals surface area contributed by atoms with Gasteiger partial charge in [-0.15, -0.1) is 0 Å². The fraction of sp³-hybridized carbons (Fsp3) is 0.500. The number of hydrogen-bond donors (Lipinski definition) is 2. The van der Waals surface area contributed by atoms with Gasteiger partial charge in [-0.2, -0.15) is 0 Å². The average molecular weight is 508 g/mol. The highest BCUT2D eigenvalue weighted by atomic mass is 16.5. The number of carbonyl (C=O) groups excluding carboxylic acids is 2. The number of nitrogens with zero attached hydrogens (tertiary/aromatic N) is 5. The first kappa shape index (κ1) is 25.1. The van der Waals surface area contributed by atoms with Crippen LogP contribution >= 0.6 is 0 Å². The lowest BCUT2D eigenvalue weighted by molar-refractivity contribution is -0.117. The molecule has 0 radical (unpaired) electrons. The third-order valence-electron chi connectivity index (χ3n) is 7.02. The van der Waals surface area contributed by atoms with Gasteiger partial charge in [-0.25, -0.2) is 14.8 Å². The van der Waals surface area contributed by atoms with Crippen LogP contribution < -0.4 is 15.5 Å². The molecule has 0 aliphatic carbocycles. The molecule has 4 heterocycles. The van der Waals surface area contributed by atoms with E-state index in [-0.39, 0.29) is 17.7 Å². The molecule has 2 aliphatic rings. The summed E-state index contributed by atoms with van der Waals surface area (Å²) in [6.45, 7) is 6.96. The molecule has 3 aromatic rings. The number of morpholine rings is 1. The second-order valence-electron chi connectivity index (χ2n) is 9.57. The second-order valence-corrected chi connectivity index (χ2v) is 9.57. The summed E-state index contributed by atoms with van der Waals surface area (Å²) in [4.78, 5) is 37.4. The molecule has 0 saturated carbocycles. The van der Waals surface area contributed by atoms with E-state index >= 15 is 0 Å². The first-order valence-corrected chi connectivity index (χ1v) is 12.8. The summed E-state index contributed by atoms with van der Waals surface area (Å²) >= 11 is 0. The first-order chi connectivity index (χ1) is 18.0. The van der Waals surface area contributed by atoms with Crippen molar-refractivity contribution in [1.82, 2.24) is 25.3 Å². The summed E-state index contributed by atoms with van der Waals surface area (Å²) in [7, 11) is 1.58. The number of nitrogens with one attached hydrogen (secondary N) is 2. The Labute approximate surface area is 215 Å². The molecule has 11 heteroatoms. The fourth-order valence-electron chi connectivity index (χ4n) is 4.86. The number of amides is 2. The van der Waals surface area contributed by atoms with Crippen LogP contribution in [0.4, 0.5) is 16.3 Å². The van der Waals surface area contributed by atoms with Gasteiger partial charge < -0.3 is 29.7 Å². The number of benzene rings is 1. The lowest BCUT2D eigenvalue weighted by Gasteiger charge is -2.30. The van der Waals surface area contributed by atoms with Crippen molar-refractivity contribution in [2.75, 3.05) is 63.2 Å². The molecule has 1 aromatic carbocycles. The fourth-order valence-corrected chi connectivity index (χ4v) is 4.86. The van der Waals surface area contributed by atoms with E-state index in [2.05, 4.69) is 25.6 Å². The molecule has 2 fully saturated rings.